The molecular weight excluding hydrogens is 598 g/mol. The van der Waals surface area contributed by atoms with Crippen LogP contribution in [-0.4, -0.2) is 64.7 Å². The number of rotatable bonds is 9. The number of nitrogens with zero attached hydrogens (tertiary/aromatic N) is 2. The Kier molecular flexibility index (Phi) is 9.14. The van der Waals surface area contributed by atoms with Crippen LogP contribution in [0.15, 0.2) is 41.5 Å². The Morgan fingerprint density at radius 3 is 2.33 bits per heavy atom. The molecule has 11 heteroatoms. The molecule has 45 heavy (non-hydrogen) atoms. The second kappa shape index (κ2) is 11.9. The predicted octanol–water partition coefficient (Wildman–Crippen LogP) is 5.38. The van der Waals surface area contributed by atoms with Gasteiger partial charge in [0.05, 0.1) is 10.7 Å². The number of amides is 4. The smallest absolute Gasteiger partial charge is 0.418 e. The van der Waals surface area contributed by atoms with E-state index in [1.54, 1.807) is 31.7 Å². The van der Waals surface area contributed by atoms with E-state index < -0.39 is 52.8 Å². The number of anilines is 2. The van der Waals surface area contributed by atoms with Gasteiger partial charge in [0, 0.05) is 18.7 Å². The molecule has 1 aromatic carbocycles. The average Bonchev–Trinajstić information content (AvgIpc) is 3.63. The maximum atomic E-state index is 13.8. The van der Waals surface area contributed by atoms with Gasteiger partial charge in [-0.1, -0.05) is 71.4 Å². The highest BCUT2D eigenvalue weighted by Crippen LogP contribution is 2.51. The third kappa shape index (κ3) is 6.29. The number of imide groups is 1. The highest BCUT2D eigenvalue weighted by atomic mass is 35.5. The number of hydrogen-bond donors (Lipinski definition) is 1. The highest BCUT2D eigenvalue weighted by molar-refractivity contribution is 6.34. The lowest BCUT2D eigenvalue weighted by atomic mass is 9.75. The van der Waals surface area contributed by atoms with Gasteiger partial charge in [0.2, 0.25) is 5.91 Å². The minimum absolute atomic E-state index is 0.0213. The fourth-order valence-corrected chi connectivity index (χ4v) is 5.94. The molecule has 2 heterocycles. The zero-order chi connectivity index (χ0) is 33.9. The second-order valence-electron chi connectivity index (χ2n) is 14.3. The van der Waals surface area contributed by atoms with Crippen LogP contribution in [0.5, 0.6) is 0 Å². The van der Waals surface area contributed by atoms with Gasteiger partial charge in [-0.2, -0.15) is 0 Å². The number of carbonyl (C=O) groups is 4. The Labute approximate surface area is 270 Å². The van der Waals surface area contributed by atoms with Crippen molar-refractivity contribution in [3.05, 3.63) is 46.5 Å². The summed E-state index contributed by atoms with van der Waals surface area (Å²) in [6, 6.07) is 3.01. The Morgan fingerprint density at radius 1 is 1.18 bits per heavy atom. The maximum Gasteiger partial charge on any atom is 0.418 e. The molecule has 4 atom stereocenters. The molecule has 4 unspecified atom stereocenters. The van der Waals surface area contributed by atoms with Crippen molar-refractivity contribution < 1.29 is 33.8 Å². The van der Waals surface area contributed by atoms with Crippen LogP contribution >= 0.6 is 11.6 Å². The van der Waals surface area contributed by atoms with Gasteiger partial charge in [0.15, 0.2) is 11.7 Å². The molecule has 2 saturated heterocycles. The van der Waals surface area contributed by atoms with Crippen LogP contribution in [0.3, 0.4) is 0 Å². The van der Waals surface area contributed by atoms with Crippen LogP contribution in [0, 0.1) is 10.8 Å². The van der Waals surface area contributed by atoms with Gasteiger partial charge in [0.1, 0.15) is 11.6 Å². The minimum Gasteiger partial charge on any atom is -0.850 e. The van der Waals surface area contributed by atoms with E-state index in [-0.39, 0.29) is 22.0 Å². The quantitative estimate of drug-likeness (QED) is 0.358. The lowest BCUT2D eigenvalue weighted by molar-refractivity contribution is -0.449. The number of ether oxygens (including phenoxy) is 2. The lowest BCUT2D eigenvalue weighted by Crippen LogP contribution is -2.62. The molecule has 0 saturated carbocycles. The highest BCUT2D eigenvalue weighted by Gasteiger charge is 2.63. The maximum absolute atomic E-state index is 13.8. The molecule has 10 nitrogen and oxygen atoms in total. The first kappa shape index (κ1) is 34.7. The molecule has 1 aliphatic carbocycles. The molecule has 2 fully saturated rings. The summed E-state index contributed by atoms with van der Waals surface area (Å²) in [5, 5.41) is 16.3. The molecule has 1 aromatic rings. The van der Waals surface area contributed by atoms with Gasteiger partial charge >= 0.3 is 6.09 Å². The van der Waals surface area contributed by atoms with E-state index in [0.29, 0.717) is 23.6 Å². The third-order valence-corrected chi connectivity index (χ3v) is 9.64. The molecule has 4 rings (SSSR count). The van der Waals surface area contributed by atoms with Gasteiger partial charge in [-0.25, -0.2) is 9.69 Å². The van der Waals surface area contributed by atoms with E-state index >= 15 is 0 Å². The number of hydrogen-bond acceptors (Lipinski definition) is 7. The predicted molar refractivity (Wildman–Crippen MR) is 171 cm³/mol. The van der Waals surface area contributed by atoms with Crippen molar-refractivity contribution in [1.29, 1.82) is 0 Å². The van der Waals surface area contributed by atoms with Gasteiger partial charge < -0.3 is 24.8 Å². The largest absolute Gasteiger partial charge is 0.850 e. The van der Waals surface area contributed by atoms with Crippen LogP contribution in [0.25, 0.3) is 0 Å². The molecule has 1 spiro atoms. The van der Waals surface area contributed by atoms with E-state index in [4.69, 9.17) is 21.1 Å². The molecule has 2 aliphatic heterocycles. The van der Waals surface area contributed by atoms with Gasteiger partial charge in [0.25, 0.3) is 11.8 Å². The summed E-state index contributed by atoms with van der Waals surface area (Å²) in [6.45, 7) is 18.4. The Morgan fingerprint density at radius 2 is 1.82 bits per heavy atom. The summed E-state index contributed by atoms with van der Waals surface area (Å²) in [5.74, 6) is -1.91. The number of nitrogens with one attached hydrogen (secondary N) is 1. The van der Waals surface area contributed by atoms with Crippen LogP contribution < -0.4 is 15.3 Å². The van der Waals surface area contributed by atoms with Gasteiger partial charge in [-0.15, -0.1) is 0 Å². The minimum atomic E-state index is -1.72. The fourth-order valence-electron chi connectivity index (χ4n) is 5.77. The fraction of sp³-hybridized carbons (Fsp3) is 0.588. The SMILES string of the molecule is CCN(C(=O)C1OC12CC=C(C(C)(C)CC)C=C2C)c1ccc(Cl)c(NC(=O)C(C([O-])C(C)(C)C)N2C(=O)OC(C)(C)C2=O)c1. The molecule has 3 aliphatic rings. The number of cyclic esters (lactones) is 1. The van der Waals surface area contributed by atoms with Crippen molar-refractivity contribution in [1.82, 2.24) is 4.90 Å². The number of benzene rings is 1. The Balaban J connectivity index is 1.59. The van der Waals surface area contributed by atoms with Gasteiger partial charge in [-0.05, 0) is 74.3 Å². The number of carbonyl (C=O) groups excluding carboxylic acids is 4. The topological polar surface area (TPSA) is 132 Å². The van der Waals surface area contributed by atoms with Crippen molar-refractivity contribution in [2.75, 3.05) is 16.8 Å². The van der Waals surface area contributed by atoms with Crippen LogP contribution in [0.2, 0.25) is 5.02 Å². The Hall–Kier alpha value is -3.21. The summed E-state index contributed by atoms with van der Waals surface area (Å²) < 4.78 is 11.3. The molecule has 246 valence electrons. The molecular formula is C34H45ClN3O7-. The van der Waals surface area contributed by atoms with Crippen LogP contribution in [0.1, 0.15) is 82.1 Å². The first-order valence-electron chi connectivity index (χ1n) is 15.4. The summed E-state index contributed by atoms with van der Waals surface area (Å²) in [4.78, 5) is 55.5. The normalized spacial score (nSPS) is 24.1. The zero-order valence-corrected chi connectivity index (χ0v) is 28.6. The number of epoxide rings is 1. The number of halogens is 1. The second-order valence-corrected chi connectivity index (χ2v) is 14.7. The molecule has 0 bridgehead atoms. The van der Waals surface area contributed by atoms with Crippen LogP contribution in [-0.2, 0) is 23.9 Å². The number of likely N-dealkylation sites (N-methyl/N-ethyl adjacent to an activating group) is 1. The van der Waals surface area contributed by atoms with E-state index in [0.717, 1.165) is 12.0 Å². The van der Waals surface area contributed by atoms with Crippen molar-refractivity contribution in [3.63, 3.8) is 0 Å². The van der Waals surface area contributed by atoms with E-state index in [1.165, 1.54) is 31.6 Å². The first-order chi connectivity index (χ1) is 20.7. The van der Waals surface area contributed by atoms with Crippen molar-refractivity contribution in [2.45, 2.75) is 112 Å². The molecule has 1 N–H and O–H groups in total. The molecule has 0 aromatic heterocycles. The van der Waals surface area contributed by atoms with E-state index in [1.807, 2.05) is 13.8 Å². The lowest BCUT2D eigenvalue weighted by Gasteiger charge is -2.43. The third-order valence-electron chi connectivity index (χ3n) is 9.31. The Bertz CT molecular complexity index is 1470. The molecule has 0 radical (unpaired) electrons. The molecule has 4 amide bonds. The standard InChI is InChI=1S/C34H45ClN3O7/c1-11-32(7,8)20-15-16-34(19(3)17-20)26(44-34)28(41)37(12-2)21-13-14-22(35)23(18-21)36-27(40)24(25(39)31(4,5)6)38-29(42)33(9,10)45-30(38)43/h13-15,17-18,24-26H,11-12,16H2,1-10H3,(H,36,40)/q-1. The number of allylic oxidation sites excluding steroid dienone is 2. The summed E-state index contributed by atoms with van der Waals surface area (Å²) in [6.07, 6.45) is 2.46. The van der Waals surface area contributed by atoms with Gasteiger partial charge in [-0.3, -0.25) is 14.4 Å². The average molecular weight is 643 g/mol. The first-order valence-corrected chi connectivity index (χ1v) is 15.8. The summed E-state index contributed by atoms with van der Waals surface area (Å²) in [7, 11) is 0. The van der Waals surface area contributed by atoms with Crippen LogP contribution in [0.4, 0.5) is 16.2 Å². The van der Waals surface area contributed by atoms with Crippen molar-refractivity contribution in [3.8, 4) is 0 Å². The summed E-state index contributed by atoms with van der Waals surface area (Å²) in [5.41, 5.74) is -0.371. The van der Waals surface area contributed by atoms with Crippen molar-refractivity contribution in [2.24, 2.45) is 10.8 Å². The van der Waals surface area contributed by atoms with E-state index in [2.05, 4.69) is 38.2 Å². The van der Waals surface area contributed by atoms with Crippen molar-refractivity contribution >= 4 is 46.8 Å². The van der Waals surface area contributed by atoms with E-state index in [9.17, 15) is 24.3 Å². The summed E-state index contributed by atoms with van der Waals surface area (Å²) >= 11 is 6.47. The zero-order valence-electron chi connectivity index (χ0n) is 27.9. The monoisotopic (exact) mass is 642 g/mol.